The van der Waals surface area contributed by atoms with Crippen molar-refractivity contribution in [2.24, 2.45) is 0 Å². The third-order valence-corrected chi connectivity index (χ3v) is 5.22. The van der Waals surface area contributed by atoms with Crippen molar-refractivity contribution in [3.63, 3.8) is 0 Å². The molecule has 94 valence electrons. The van der Waals surface area contributed by atoms with Crippen LogP contribution in [0.15, 0.2) is 28.0 Å². The lowest BCUT2D eigenvalue weighted by Crippen LogP contribution is -2.33. The molecule has 1 aliphatic rings. The molecule has 3 nitrogen and oxygen atoms in total. The van der Waals surface area contributed by atoms with E-state index in [2.05, 4.69) is 18.7 Å². The SMILES string of the molecule is CCN1CC(C)Sc2cc(S(=O)(=O)Cl)ccc21. The van der Waals surface area contributed by atoms with Crippen molar-refractivity contribution in [1.82, 2.24) is 0 Å². The zero-order valence-electron chi connectivity index (χ0n) is 9.68. The minimum atomic E-state index is -3.64. The Morgan fingerprint density at radius 1 is 1.53 bits per heavy atom. The summed E-state index contributed by atoms with van der Waals surface area (Å²) in [6.45, 7) is 6.14. The monoisotopic (exact) mass is 291 g/mol. The van der Waals surface area contributed by atoms with Gasteiger partial charge in [-0.15, -0.1) is 11.8 Å². The van der Waals surface area contributed by atoms with Gasteiger partial charge in [0, 0.05) is 33.9 Å². The van der Waals surface area contributed by atoms with Gasteiger partial charge in [0.15, 0.2) is 0 Å². The molecule has 0 bridgehead atoms. The first kappa shape index (κ1) is 13.1. The molecule has 1 heterocycles. The quantitative estimate of drug-likeness (QED) is 0.785. The summed E-state index contributed by atoms with van der Waals surface area (Å²) in [5, 5.41) is 0.454. The molecule has 0 saturated carbocycles. The molecule has 1 aliphatic heterocycles. The largest absolute Gasteiger partial charge is 0.370 e. The maximum atomic E-state index is 11.3. The molecule has 1 aromatic rings. The van der Waals surface area contributed by atoms with Crippen molar-refractivity contribution in [3.8, 4) is 0 Å². The van der Waals surface area contributed by atoms with E-state index in [1.54, 1.807) is 23.9 Å². The number of thioether (sulfide) groups is 1. The van der Waals surface area contributed by atoms with Gasteiger partial charge in [-0.1, -0.05) is 6.92 Å². The standard InChI is InChI=1S/C11H14ClNO2S2/c1-3-13-7-8(2)16-11-6-9(17(12,14)15)4-5-10(11)13/h4-6,8H,3,7H2,1-2H3. The van der Waals surface area contributed by atoms with E-state index in [4.69, 9.17) is 10.7 Å². The second-order valence-electron chi connectivity index (χ2n) is 4.03. The highest BCUT2D eigenvalue weighted by molar-refractivity contribution is 8.13. The van der Waals surface area contributed by atoms with Crippen LogP contribution in [0, 0.1) is 0 Å². The van der Waals surface area contributed by atoms with Crippen LogP contribution >= 0.6 is 22.4 Å². The van der Waals surface area contributed by atoms with Crippen LogP contribution in [0.5, 0.6) is 0 Å². The Hall–Kier alpha value is -0.390. The van der Waals surface area contributed by atoms with Gasteiger partial charge in [-0.05, 0) is 25.1 Å². The Labute approximate surface area is 111 Å². The van der Waals surface area contributed by atoms with Gasteiger partial charge in [0.2, 0.25) is 0 Å². The molecule has 1 unspecified atom stereocenters. The molecule has 1 aromatic carbocycles. The Morgan fingerprint density at radius 2 is 2.24 bits per heavy atom. The van der Waals surface area contributed by atoms with Crippen molar-refractivity contribution in [3.05, 3.63) is 18.2 Å². The summed E-state index contributed by atoms with van der Waals surface area (Å²) in [5.41, 5.74) is 1.10. The topological polar surface area (TPSA) is 37.4 Å². The van der Waals surface area contributed by atoms with Crippen molar-refractivity contribution >= 4 is 37.2 Å². The molecular formula is C11H14ClNO2S2. The molecule has 0 fully saturated rings. The molecule has 0 radical (unpaired) electrons. The average molecular weight is 292 g/mol. The van der Waals surface area contributed by atoms with Gasteiger partial charge in [0.05, 0.1) is 10.6 Å². The molecule has 0 N–H and O–H groups in total. The molecule has 0 aromatic heterocycles. The predicted molar refractivity (Wildman–Crippen MR) is 72.7 cm³/mol. The number of rotatable bonds is 2. The Kier molecular flexibility index (Phi) is 3.61. The molecule has 0 saturated heterocycles. The molecule has 0 aliphatic carbocycles. The predicted octanol–water partition coefficient (Wildman–Crippen LogP) is 2.93. The van der Waals surface area contributed by atoms with E-state index in [0.29, 0.717) is 5.25 Å². The number of benzene rings is 1. The van der Waals surface area contributed by atoms with E-state index in [1.165, 1.54) is 0 Å². The van der Waals surface area contributed by atoms with Gasteiger partial charge < -0.3 is 4.90 Å². The number of hydrogen-bond acceptors (Lipinski definition) is 4. The lowest BCUT2D eigenvalue weighted by atomic mass is 10.2. The van der Waals surface area contributed by atoms with Crippen molar-refractivity contribution in [2.45, 2.75) is 28.9 Å². The van der Waals surface area contributed by atoms with Crippen LogP contribution in [-0.4, -0.2) is 26.8 Å². The van der Waals surface area contributed by atoms with Crippen molar-refractivity contribution in [2.75, 3.05) is 18.0 Å². The second kappa shape index (κ2) is 4.71. The third kappa shape index (κ3) is 2.72. The van der Waals surface area contributed by atoms with E-state index in [0.717, 1.165) is 23.7 Å². The van der Waals surface area contributed by atoms with Gasteiger partial charge in [0.25, 0.3) is 9.05 Å². The van der Waals surface area contributed by atoms with E-state index in [1.807, 2.05) is 6.07 Å². The first-order chi connectivity index (χ1) is 7.91. The van der Waals surface area contributed by atoms with Gasteiger partial charge in [-0.2, -0.15) is 0 Å². The minimum absolute atomic E-state index is 0.176. The molecule has 0 spiro atoms. The average Bonchev–Trinajstić information content (AvgIpc) is 2.25. The van der Waals surface area contributed by atoms with Gasteiger partial charge in [-0.25, -0.2) is 8.42 Å². The highest BCUT2D eigenvalue weighted by Gasteiger charge is 2.23. The van der Waals surface area contributed by atoms with Crippen LogP contribution in [0.3, 0.4) is 0 Å². The van der Waals surface area contributed by atoms with Gasteiger partial charge in [0.1, 0.15) is 0 Å². The van der Waals surface area contributed by atoms with E-state index in [9.17, 15) is 8.42 Å². The summed E-state index contributed by atoms with van der Waals surface area (Å²) in [5.74, 6) is 0. The fraction of sp³-hybridized carbons (Fsp3) is 0.455. The van der Waals surface area contributed by atoms with Crippen LogP contribution < -0.4 is 4.90 Å². The fourth-order valence-corrected chi connectivity index (χ4v) is 4.02. The molecule has 17 heavy (non-hydrogen) atoms. The van der Waals surface area contributed by atoms with Gasteiger partial charge >= 0.3 is 0 Å². The van der Waals surface area contributed by atoms with E-state index < -0.39 is 9.05 Å². The highest BCUT2D eigenvalue weighted by Crippen LogP contribution is 2.39. The summed E-state index contributed by atoms with van der Waals surface area (Å²) in [6.07, 6.45) is 0. The number of nitrogens with zero attached hydrogens (tertiary/aromatic N) is 1. The maximum Gasteiger partial charge on any atom is 0.261 e. The lowest BCUT2D eigenvalue weighted by Gasteiger charge is -2.33. The number of fused-ring (bicyclic) bond motifs is 1. The van der Waals surface area contributed by atoms with Crippen LogP contribution in [0.1, 0.15) is 13.8 Å². The second-order valence-corrected chi connectivity index (χ2v) is 8.08. The van der Waals surface area contributed by atoms with E-state index >= 15 is 0 Å². The fourth-order valence-electron chi connectivity index (χ4n) is 1.96. The van der Waals surface area contributed by atoms with Crippen LogP contribution in [0.2, 0.25) is 0 Å². The maximum absolute atomic E-state index is 11.3. The Balaban J connectivity index is 2.49. The first-order valence-electron chi connectivity index (χ1n) is 5.42. The smallest absolute Gasteiger partial charge is 0.261 e. The zero-order chi connectivity index (χ0) is 12.6. The molecule has 1 atom stereocenters. The lowest BCUT2D eigenvalue weighted by molar-refractivity contribution is 0.609. The Bertz CT molecular complexity index is 530. The van der Waals surface area contributed by atoms with Crippen LogP contribution in [0.25, 0.3) is 0 Å². The summed E-state index contributed by atoms with van der Waals surface area (Å²) in [6, 6.07) is 5.08. The molecular weight excluding hydrogens is 278 g/mol. The molecule has 2 rings (SSSR count). The summed E-state index contributed by atoms with van der Waals surface area (Å²) < 4.78 is 22.6. The normalized spacial score (nSPS) is 20.2. The molecule has 6 heteroatoms. The molecule has 0 amide bonds. The number of halogens is 1. The number of anilines is 1. The number of hydrogen-bond donors (Lipinski definition) is 0. The highest BCUT2D eigenvalue weighted by atomic mass is 35.7. The summed E-state index contributed by atoms with van der Waals surface area (Å²) in [7, 11) is 1.72. The Morgan fingerprint density at radius 3 is 2.82 bits per heavy atom. The third-order valence-electron chi connectivity index (χ3n) is 2.74. The van der Waals surface area contributed by atoms with E-state index in [-0.39, 0.29) is 4.90 Å². The van der Waals surface area contributed by atoms with Crippen molar-refractivity contribution in [1.29, 1.82) is 0 Å². The van der Waals surface area contributed by atoms with Crippen molar-refractivity contribution < 1.29 is 8.42 Å². The van der Waals surface area contributed by atoms with Crippen LogP contribution in [-0.2, 0) is 9.05 Å². The van der Waals surface area contributed by atoms with Crippen LogP contribution in [0.4, 0.5) is 5.69 Å². The minimum Gasteiger partial charge on any atom is -0.370 e. The summed E-state index contributed by atoms with van der Waals surface area (Å²) >= 11 is 1.70. The zero-order valence-corrected chi connectivity index (χ0v) is 12.1. The van der Waals surface area contributed by atoms with Gasteiger partial charge in [-0.3, -0.25) is 0 Å². The summed E-state index contributed by atoms with van der Waals surface area (Å²) in [4.78, 5) is 3.42. The first-order valence-corrected chi connectivity index (χ1v) is 8.61.